The topological polar surface area (TPSA) is 53.9 Å². The molecule has 1 aromatic rings. The first-order chi connectivity index (χ1) is 13.0. The molecule has 0 fully saturated rings. The van der Waals surface area contributed by atoms with Gasteiger partial charge in [0.25, 0.3) is 0 Å². The molecule has 0 bridgehead atoms. The van der Waals surface area contributed by atoms with Gasteiger partial charge in [-0.2, -0.15) is 0 Å². The predicted octanol–water partition coefficient (Wildman–Crippen LogP) is 5.62. The predicted molar refractivity (Wildman–Crippen MR) is 116 cm³/mol. The molecular weight excluding hydrogens is 382 g/mol. The number of hydrogen-bond acceptors (Lipinski definition) is 4. The number of ether oxygens (including phenoxy) is 1. The molecule has 27 heavy (non-hydrogen) atoms. The van der Waals surface area contributed by atoms with Crippen molar-refractivity contribution in [3.8, 4) is 5.75 Å². The van der Waals surface area contributed by atoms with E-state index in [9.17, 15) is 4.79 Å². The van der Waals surface area contributed by atoms with Crippen molar-refractivity contribution < 1.29 is 9.53 Å². The minimum absolute atomic E-state index is 0.335. The van der Waals surface area contributed by atoms with E-state index in [2.05, 4.69) is 16.9 Å². The number of urea groups is 1. The van der Waals surface area contributed by atoms with Crippen LogP contribution in [0.25, 0.3) is 0 Å². The van der Waals surface area contributed by atoms with Crippen molar-refractivity contribution in [2.75, 3.05) is 24.7 Å². The summed E-state index contributed by atoms with van der Waals surface area (Å²) in [6, 6.07) is 6.93. The molecule has 5 nitrogen and oxygen atoms in total. The lowest BCUT2D eigenvalue weighted by molar-refractivity contribution is 0.241. The van der Waals surface area contributed by atoms with Gasteiger partial charge in [0.05, 0.1) is 18.5 Å². The third-order valence-electron chi connectivity index (χ3n) is 3.94. The second kappa shape index (κ2) is 10.2. The van der Waals surface area contributed by atoms with Crippen LogP contribution in [0.5, 0.6) is 5.75 Å². The SMILES string of the molecule is C=C/C=C(\C(C)=C(/C)Cl)N(C(=O)Nc1ccccc1OC)C1=NCCCS1. The van der Waals surface area contributed by atoms with E-state index < -0.39 is 0 Å². The number of amides is 2. The zero-order valence-corrected chi connectivity index (χ0v) is 17.4. The quantitative estimate of drug-likeness (QED) is 0.646. The van der Waals surface area contributed by atoms with Crippen molar-refractivity contribution >= 4 is 40.2 Å². The number of halogens is 1. The summed E-state index contributed by atoms with van der Waals surface area (Å²) < 4.78 is 5.34. The normalized spacial score (nSPS) is 15.4. The van der Waals surface area contributed by atoms with Crippen LogP contribution in [0.4, 0.5) is 10.5 Å². The van der Waals surface area contributed by atoms with Gasteiger partial charge in [-0.15, -0.1) is 0 Å². The van der Waals surface area contributed by atoms with Gasteiger partial charge in [-0.3, -0.25) is 4.99 Å². The number of carbonyl (C=O) groups is 1. The largest absolute Gasteiger partial charge is 0.495 e. The Kier molecular flexibility index (Phi) is 8.00. The van der Waals surface area contributed by atoms with Crippen LogP contribution >= 0.6 is 23.4 Å². The minimum atomic E-state index is -0.335. The number of methoxy groups -OCH3 is 1. The summed E-state index contributed by atoms with van der Waals surface area (Å²) in [5.74, 6) is 1.49. The average molecular weight is 406 g/mol. The highest BCUT2D eigenvalue weighted by Gasteiger charge is 2.27. The van der Waals surface area contributed by atoms with Crippen LogP contribution in [-0.4, -0.2) is 35.5 Å². The van der Waals surface area contributed by atoms with Crippen LogP contribution in [0, 0.1) is 0 Å². The maximum atomic E-state index is 13.2. The highest BCUT2D eigenvalue weighted by molar-refractivity contribution is 8.13. The molecule has 1 N–H and O–H groups in total. The second-order valence-electron chi connectivity index (χ2n) is 5.78. The van der Waals surface area contributed by atoms with Gasteiger partial charge < -0.3 is 10.1 Å². The fourth-order valence-electron chi connectivity index (χ4n) is 2.46. The second-order valence-corrected chi connectivity index (χ2v) is 7.41. The molecule has 1 aliphatic heterocycles. The lowest BCUT2D eigenvalue weighted by atomic mass is 10.1. The van der Waals surface area contributed by atoms with E-state index in [4.69, 9.17) is 16.3 Å². The fraction of sp³-hybridized carbons (Fsp3) is 0.300. The van der Waals surface area contributed by atoms with Gasteiger partial charge in [-0.1, -0.05) is 48.2 Å². The Balaban J connectivity index is 2.47. The molecule has 1 aromatic carbocycles. The zero-order chi connectivity index (χ0) is 19.8. The van der Waals surface area contributed by atoms with Crippen molar-refractivity contribution in [3.63, 3.8) is 0 Å². The molecule has 0 saturated heterocycles. The number of nitrogens with one attached hydrogen (secondary N) is 1. The van der Waals surface area contributed by atoms with Crippen LogP contribution in [0.15, 0.2) is 64.3 Å². The smallest absolute Gasteiger partial charge is 0.332 e. The summed E-state index contributed by atoms with van der Waals surface area (Å²) in [5, 5.41) is 4.15. The zero-order valence-electron chi connectivity index (χ0n) is 15.8. The number of hydrogen-bond donors (Lipinski definition) is 1. The number of nitrogens with zero attached hydrogens (tertiary/aromatic N) is 2. The van der Waals surface area contributed by atoms with E-state index in [1.165, 1.54) is 0 Å². The molecule has 1 heterocycles. The first-order valence-corrected chi connectivity index (χ1v) is 9.93. The average Bonchev–Trinajstić information content (AvgIpc) is 2.68. The number of thioether (sulfide) groups is 1. The number of benzene rings is 1. The molecule has 0 atom stereocenters. The maximum Gasteiger partial charge on any atom is 0.332 e. The van der Waals surface area contributed by atoms with Gasteiger partial charge in [0.2, 0.25) is 0 Å². The molecule has 1 aliphatic rings. The summed E-state index contributed by atoms with van der Waals surface area (Å²) in [6.07, 6.45) is 4.39. The summed E-state index contributed by atoms with van der Waals surface area (Å²) in [6.45, 7) is 8.12. The maximum absolute atomic E-state index is 13.2. The van der Waals surface area contributed by atoms with Gasteiger partial charge in [-0.05, 0) is 44.1 Å². The lowest BCUT2D eigenvalue weighted by Crippen LogP contribution is -2.39. The number of anilines is 1. The van der Waals surface area contributed by atoms with Crippen LogP contribution < -0.4 is 10.1 Å². The van der Waals surface area contributed by atoms with Gasteiger partial charge in [0.15, 0.2) is 5.17 Å². The van der Waals surface area contributed by atoms with Gasteiger partial charge >= 0.3 is 6.03 Å². The van der Waals surface area contributed by atoms with Gasteiger partial charge in [0.1, 0.15) is 5.75 Å². The number of para-hydroxylation sites is 2. The van der Waals surface area contributed by atoms with E-state index in [0.29, 0.717) is 33.9 Å². The van der Waals surface area contributed by atoms with Crippen molar-refractivity contribution in [1.29, 1.82) is 0 Å². The highest BCUT2D eigenvalue weighted by Crippen LogP contribution is 2.29. The van der Waals surface area contributed by atoms with Crippen LogP contribution in [0.3, 0.4) is 0 Å². The molecule has 2 amide bonds. The summed E-state index contributed by atoms with van der Waals surface area (Å²) in [7, 11) is 1.57. The van der Waals surface area contributed by atoms with E-state index in [1.807, 2.05) is 19.1 Å². The third kappa shape index (κ3) is 5.40. The van der Waals surface area contributed by atoms with Crippen LogP contribution in [0.2, 0.25) is 0 Å². The van der Waals surface area contributed by atoms with Gasteiger partial charge in [-0.25, -0.2) is 9.69 Å². The molecular formula is C20H24ClN3O2S. The van der Waals surface area contributed by atoms with Crippen molar-refractivity contribution in [2.24, 2.45) is 4.99 Å². The first-order valence-electron chi connectivity index (χ1n) is 8.57. The Bertz CT molecular complexity index is 798. The Labute approximate surface area is 169 Å². The number of aliphatic imine (C=N–C) groups is 1. The Morgan fingerprint density at radius 1 is 1.41 bits per heavy atom. The van der Waals surface area contributed by atoms with E-state index in [1.54, 1.807) is 55.0 Å². The van der Waals surface area contributed by atoms with E-state index in [0.717, 1.165) is 17.7 Å². The molecule has 7 heteroatoms. The Hall–Kier alpha value is -2.18. The molecule has 0 aromatic heterocycles. The number of rotatable bonds is 5. The third-order valence-corrected chi connectivity index (χ3v) is 5.29. The highest BCUT2D eigenvalue weighted by atomic mass is 35.5. The van der Waals surface area contributed by atoms with Crippen molar-refractivity contribution in [1.82, 2.24) is 4.90 Å². The first kappa shape index (κ1) is 21.1. The van der Waals surface area contributed by atoms with Crippen molar-refractivity contribution in [3.05, 3.63) is 59.3 Å². The number of carbonyl (C=O) groups excluding carboxylic acids is 1. The molecule has 0 radical (unpaired) electrons. The number of allylic oxidation sites excluding steroid dienone is 4. The van der Waals surface area contributed by atoms with Crippen LogP contribution in [-0.2, 0) is 0 Å². The fourth-order valence-corrected chi connectivity index (χ4v) is 3.50. The molecule has 0 unspecified atom stereocenters. The lowest BCUT2D eigenvalue weighted by Gasteiger charge is -2.29. The van der Waals surface area contributed by atoms with E-state index >= 15 is 0 Å². The van der Waals surface area contributed by atoms with Crippen molar-refractivity contribution in [2.45, 2.75) is 20.3 Å². The standard InChI is InChI=1S/C20H24ClN3O2S/c1-5-9-17(14(2)15(3)21)24(20-22-12-8-13-27-20)19(25)23-16-10-6-7-11-18(16)26-4/h5-7,9-11H,1,8,12-13H2,2-4H3,(H,23,25)/b15-14+,17-9+. The van der Waals surface area contributed by atoms with Crippen LogP contribution in [0.1, 0.15) is 20.3 Å². The Morgan fingerprint density at radius 3 is 2.74 bits per heavy atom. The summed E-state index contributed by atoms with van der Waals surface area (Å²) in [4.78, 5) is 19.4. The van der Waals surface area contributed by atoms with E-state index in [-0.39, 0.29) is 6.03 Å². The molecule has 0 spiro atoms. The molecule has 0 aliphatic carbocycles. The summed E-state index contributed by atoms with van der Waals surface area (Å²) >= 11 is 7.78. The van der Waals surface area contributed by atoms with Gasteiger partial charge in [0, 0.05) is 17.3 Å². The monoisotopic (exact) mass is 405 g/mol. The molecule has 0 saturated carbocycles. The minimum Gasteiger partial charge on any atom is -0.495 e. The number of amidine groups is 1. The molecule has 144 valence electrons. The Morgan fingerprint density at radius 2 is 2.15 bits per heavy atom. The summed E-state index contributed by atoms with van der Waals surface area (Å²) in [5.41, 5.74) is 2.00. The molecule has 2 rings (SSSR count).